The molecule has 1 saturated heterocycles. The van der Waals surface area contributed by atoms with Gasteiger partial charge in [0.2, 0.25) is 5.91 Å². The van der Waals surface area contributed by atoms with E-state index in [9.17, 15) is 4.79 Å². The number of rotatable bonds is 4. The Morgan fingerprint density at radius 3 is 2.15 bits per heavy atom. The molecule has 116 valence electrons. The van der Waals surface area contributed by atoms with E-state index in [1.165, 1.54) is 44.9 Å². The fourth-order valence-electron chi connectivity index (χ4n) is 3.47. The lowest BCUT2D eigenvalue weighted by molar-refractivity contribution is -0.136. The lowest BCUT2D eigenvalue weighted by Gasteiger charge is -2.35. The number of nitrogens with zero attached hydrogens (tertiary/aromatic N) is 1. The lowest BCUT2D eigenvalue weighted by atomic mass is 9.95. The van der Waals surface area contributed by atoms with Crippen LogP contribution in [0.25, 0.3) is 0 Å². The van der Waals surface area contributed by atoms with E-state index in [4.69, 9.17) is 4.74 Å². The zero-order valence-electron chi connectivity index (χ0n) is 12.9. The average molecular weight is 282 g/mol. The molecule has 0 radical (unpaired) electrons. The molecule has 0 atom stereocenters. The molecule has 2 aliphatic rings. The molecule has 1 aliphatic carbocycles. The van der Waals surface area contributed by atoms with Gasteiger partial charge >= 0.3 is 0 Å². The molecule has 0 spiro atoms. The molecule has 1 heterocycles. The molecule has 2 fully saturated rings. The number of carbonyl (C=O) groups is 1. The molecule has 4 nitrogen and oxygen atoms in total. The number of ether oxygens (including phenoxy) is 1. The lowest BCUT2D eigenvalue weighted by Crippen LogP contribution is -2.48. The van der Waals surface area contributed by atoms with Crippen LogP contribution >= 0.6 is 0 Å². The van der Waals surface area contributed by atoms with E-state index in [1.54, 1.807) is 7.11 Å². The van der Waals surface area contributed by atoms with Gasteiger partial charge in [-0.2, -0.15) is 0 Å². The molecule has 1 N–H and O–H groups in total. The maximum Gasteiger partial charge on any atom is 0.248 e. The highest BCUT2D eigenvalue weighted by molar-refractivity contribution is 5.77. The van der Waals surface area contributed by atoms with Crippen molar-refractivity contribution in [1.29, 1.82) is 0 Å². The highest BCUT2D eigenvalue weighted by Crippen LogP contribution is 2.19. The van der Waals surface area contributed by atoms with Gasteiger partial charge in [0.25, 0.3) is 0 Å². The molecule has 1 aliphatic heterocycles. The van der Waals surface area contributed by atoms with Crippen molar-refractivity contribution in [3.05, 3.63) is 0 Å². The highest BCUT2D eigenvalue weighted by Gasteiger charge is 2.24. The van der Waals surface area contributed by atoms with Crippen molar-refractivity contribution in [2.45, 2.75) is 69.9 Å². The zero-order valence-corrected chi connectivity index (χ0v) is 12.9. The highest BCUT2D eigenvalue weighted by atomic mass is 16.5. The molecule has 1 amide bonds. The SMILES string of the molecule is COCC(=O)N1CCC(NC2CCCCCCC2)CC1. The maximum atomic E-state index is 11.8. The van der Waals surface area contributed by atoms with Gasteiger partial charge in [-0.15, -0.1) is 0 Å². The average Bonchev–Trinajstić information content (AvgIpc) is 2.43. The van der Waals surface area contributed by atoms with Gasteiger partial charge in [-0.25, -0.2) is 0 Å². The summed E-state index contributed by atoms with van der Waals surface area (Å²) in [5.41, 5.74) is 0. The quantitative estimate of drug-likeness (QED) is 0.860. The maximum absolute atomic E-state index is 11.8. The van der Waals surface area contributed by atoms with Crippen molar-refractivity contribution < 1.29 is 9.53 Å². The monoisotopic (exact) mass is 282 g/mol. The molecule has 2 rings (SSSR count). The van der Waals surface area contributed by atoms with Crippen LogP contribution in [0.15, 0.2) is 0 Å². The number of amides is 1. The van der Waals surface area contributed by atoms with Crippen LogP contribution in [0.3, 0.4) is 0 Å². The first-order valence-electron chi connectivity index (χ1n) is 8.32. The molecule has 4 heteroatoms. The minimum Gasteiger partial charge on any atom is -0.375 e. The van der Waals surface area contributed by atoms with E-state index in [2.05, 4.69) is 5.32 Å². The number of likely N-dealkylation sites (tertiary alicyclic amines) is 1. The van der Waals surface area contributed by atoms with Gasteiger partial charge in [0.1, 0.15) is 6.61 Å². The van der Waals surface area contributed by atoms with E-state index < -0.39 is 0 Å². The van der Waals surface area contributed by atoms with Crippen molar-refractivity contribution >= 4 is 5.91 Å². The van der Waals surface area contributed by atoms with Crippen molar-refractivity contribution in [3.8, 4) is 0 Å². The summed E-state index contributed by atoms with van der Waals surface area (Å²) in [6.07, 6.45) is 11.8. The standard InChI is InChI=1S/C16H30N2O2/c1-20-13-16(19)18-11-9-15(10-12-18)17-14-7-5-3-2-4-6-8-14/h14-15,17H,2-13H2,1H3. The Balaban J connectivity index is 1.69. The summed E-state index contributed by atoms with van der Waals surface area (Å²) in [7, 11) is 1.58. The summed E-state index contributed by atoms with van der Waals surface area (Å²) >= 11 is 0. The molecular formula is C16H30N2O2. The van der Waals surface area contributed by atoms with Gasteiger partial charge in [0, 0.05) is 32.3 Å². The Bertz CT molecular complexity index is 280. The summed E-state index contributed by atoms with van der Waals surface area (Å²) < 4.78 is 4.92. The molecule has 20 heavy (non-hydrogen) atoms. The van der Waals surface area contributed by atoms with Gasteiger partial charge in [-0.1, -0.05) is 32.1 Å². The predicted molar refractivity (Wildman–Crippen MR) is 80.7 cm³/mol. The van der Waals surface area contributed by atoms with Crippen LogP contribution in [0.1, 0.15) is 57.8 Å². The van der Waals surface area contributed by atoms with Gasteiger partial charge in [0.05, 0.1) is 0 Å². The van der Waals surface area contributed by atoms with Crippen molar-refractivity contribution in [3.63, 3.8) is 0 Å². The Morgan fingerprint density at radius 1 is 1.00 bits per heavy atom. The molecule has 1 saturated carbocycles. The normalized spacial score (nSPS) is 23.4. The molecule has 0 aromatic rings. The second-order valence-electron chi connectivity index (χ2n) is 6.30. The van der Waals surface area contributed by atoms with Crippen LogP contribution in [0, 0.1) is 0 Å². The molecule has 0 bridgehead atoms. The number of nitrogens with one attached hydrogen (secondary N) is 1. The van der Waals surface area contributed by atoms with Gasteiger partial charge < -0.3 is 15.0 Å². The first-order chi connectivity index (χ1) is 9.79. The number of methoxy groups -OCH3 is 1. The predicted octanol–water partition coefficient (Wildman–Crippen LogP) is 2.33. The fourth-order valence-corrected chi connectivity index (χ4v) is 3.47. The first-order valence-corrected chi connectivity index (χ1v) is 8.32. The Morgan fingerprint density at radius 2 is 1.55 bits per heavy atom. The van der Waals surface area contributed by atoms with Gasteiger partial charge in [0.15, 0.2) is 0 Å². The van der Waals surface area contributed by atoms with Gasteiger partial charge in [-0.05, 0) is 25.7 Å². The Labute approximate surface area is 123 Å². The van der Waals surface area contributed by atoms with Crippen LogP contribution in [0.5, 0.6) is 0 Å². The summed E-state index contributed by atoms with van der Waals surface area (Å²) in [4.78, 5) is 13.7. The van der Waals surface area contributed by atoms with Crippen LogP contribution in [-0.2, 0) is 9.53 Å². The van der Waals surface area contributed by atoms with Crippen molar-refractivity contribution in [1.82, 2.24) is 10.2 Å². The summed E-state index contributed by atoms with van der Waals surface area (Å²) in [5.74, 6) is 0.136. The van der Waals surface area contributed by atoms with E-state index in [0.29, 0.717) is 12.1 Å². The number of hydrogen-bond acceptors (Lipinski definition) is 3. The minimum atomic E-state index is 0.136. The van der Waals surface area contributed by atoms with Crippen LogP contribution < -0.4 is 5.32 Å². The van der Waals surface area contributed by atoms with Crippen LogP contribution in [0.2, 0.25) is 0 Å². The van der Waals surface area contributed by atoms with E-state index >= 15 is 0 Å². The van der Waals surface area contributed by atoms with Crippen LogP contribution in [-0.4, -0.2) is 49.7 Å². The second-order valence-corrected chi connectivity index (χ2v) is 6.30. The first kappa shape index (κ1) is 15.8. The topological polar surface area (TPSA) is 41.6 Å². The minimum absolute atomic E-state index is 0.136. The van der Waals surface area contributed by atoms with E-state index in [-0.39, 0.29) is 12.5 Å². The van der Waals surface area contributed by atoms with Gasteiger partial charge in [-0.3, -0.25) is 4.79 Å². The third-order valence-corrected chi connectivity index (χ3v) is 4.69. The molecule has 0 unspecified atom stereocenters. The Kier molecular flexibility index (Phi) is 6.80. The Hall–Kier alpha value is -0.610. The third kappa shape index (κ3) is 5.06. The molecule has 0 aromatic carbocycles. The molecule has 0 aromatic heterocycles. The smallest absolute Gasteiger partial charge is 0.248 e. The number of hydrogen-bond donors (Lipinski definition) is 1. The van der Waals surface area contributed by atoms with Crippen LogP contribution in [0.4, 0.5) is 0 Å². The van der Waals surface area contributed by atoms with E-state index in [1.807, 2.05) is 4.90 Å². The third-order valence-electron chi connectivity index (χ3n) is 4.69. The summed E-state index contributed by atoms with van der Waals surface area (Å²) in [5, 5.41) is 3.85. The molecular weight excluding hydrogens is 252 g/mol. The number of piperidine rings is 1. The zero-order chi connectivity index (χ0) is 14.2. The largest absolute Gasteiger partial charge is 0.375 e. The summed E-state index contributed by atoms with van der Waals surface area (Å²) in [6, 6.07) is 1.31. The fraction of sp³-hybridized carbons (Fsp3) is 0.938. The summed E-state index contributed by atoms with van der Waals surface area (Å²) in [6.45, 7) is 1.99. The second kappa shape index (κ2) is 8.63. The van der Waals surface area contributed by atoms with Crippen molar-refractivity contribution in [2.75, 3.05) is 26.8 Å². The van der Waals surface area contributed by atoms with E-state index in [0.717, 1.165) is 25.9 Å². The van der Waals surface area contributed by atoms with Crippen molar-refractivity contribution in [2.24, 2.45) is 0 Å². The number of carbonyl (C=O) groups excluding carboxylic acids is 1.